The number of hydrogen-bond donors (Lipinski definition) is 0. The molecule has 1 aliphatic heterocycles. The number of Topliss-reactive ketones (excluding diaryl/α,β-unsaturated/α-hetero) is 1. The van der Waals surface area contributed by atoms with Gasteiger partial charge in [-0.05, 0) is 35.7 Å². The van der Waals surface area contributed by atoms with Crippen LogP contribution in [0, 0.1) is 0 Å². The van der Waals surface area contributed by atoms with E-state index in [4.69, 9.17) is 5.53 Å². The molecule has 19 heavy (non-hydrogen) atoms. The number of azide groups is 1. The summed E-state index contributed by atoms with van der Waals surface area (Å²) in [6, 6.07) is 5.36. The van der Waals surface area contributed by atoms with Crippen LogP contribution >= 0.6 is 0 Å². The van der Waals surface area contributed by atoms with Crippen LogP contribution in [0.5, 0.6) is 0 Å². The highest BCUT2D eigenvalue weighted by Crippen LogP contribution is 2.29. The number of anilines is 1. The first-order valence-corrected chi connectivity index (χ1v) is 6.08. The quantitative estimate of drug-likeness (QED) is 0.359. The van der Waals surface area contributed by atoms with Crippen molar-refractivity contribution >= 4 is 17.4 Å². The molecule has 0 N–H and O–H groups in total. The van der Waals surface area contributed by atoms with Crippen LogP contribution in [0.25, 0.3) is 10.4 Å². The summed E-state index contributed by atoms with van der Waals surface area (Å²) in [5, 5.41) is 3.35. The van der Waals surface area contributed by atoms with Crippen molar-refractivity contribution in [2.24, 2.45) is 5.11 Å². The predicted octanol–water partition coefficient (Wildman–Crippen LogP) is 2.48. The summed E-state index contributed by atoms with van der Waals surface area (Å²) < 4.78 is 0. The molecule has 0 unspecified atom stereocenters. The molecule has 6 nitrogen and oxygen atoms in total. The van der Waals surface area contributed by atoms with Gasteiger partial charge in [-0.3, -0.25) is 9.59 Å². The van der Waals surface area contributed by atoms with E-state index >= 15 is 0 Å². The molecular formula is C13H14N4O2. The van der Waals surface area contributed by atoms with E-state index in [1.165, 1.54) is 6.92 Å². The minimum atomic E-state index is -0.0449. The Kier molecular flexibility index (Phi) is 3.82. The Morgan fingerprint density at radius 1 is 1.47 bits per heavy atom. The Hall–Kier alpha value is -2.33. The van der Waals surface area contributed by atoms with Gasteiger partial charge in [0, 0.05) is 42.6 Å². The number of amides is 1. The Balaban J connectivity index is 2.16. The molecule has 98 valence electrons. The van der Waals surface area contributed by atoms with Gasteiger partial charge < -0.3 is 4.90 Å². The fourth-order valence-electron chi connectivity index (χ4n) is 2.24. The minimum absolute atomic E-state index is 0.0150. The molecule has 1 amide bonds. The molecule has 0 aromatic heterocycles. The minimum Gasteiger partial charge on any atom is -0.312 e. The normalized spacial score (nSPS) is 12.8. The fourth-order valence-corrected chi connectivity index (χ4v) is 2.24. The Labute approximate surface area is 110 Å². The van der Waals surface area contributed by atoms with Crippen LogP contribution in [0.1, 0.15) is 29.3 Å². The Bertz CT molecular complexity index is 576. The summed E-state index contributed by atoms with van der Waals surface area (Å²) in [7, 11) is 0. The number of carbonyl (C=O) groups is 2. The van der Waals surface area contributed by atoms with Gasteiger partial charge in [0.05, 0.1) is 0 Å². The van der Waals surface area contributed by atoms with Crippen LogP contribution < -0.4 is 4.90 Å². The van der Waals surface area contributed by atoms with Gasteiger partial charge in [-0.1, -0.05) is 5.11 Å². The number of nitrogens with zero attached hydrogens (tertiary/aromatic N) is 4. The molecular weight excluding hydrogens is 244 g/mol. The van der Waals surface area contributed by atoms with Gasteiger partial charge in [0.15, 0.2) is 5.78 Å². The van der Waals surface area contributed by atoms with Crippen molar-refractivity contribution in [3.05, 3.63) is 39.8 Å². The van der Waals surface area contributed by atoms with E-state index in [0.29, 0.717) is 12.1 Å². The van der Waals surface area contributed by atoms with E-state index < -0.39 is 0 Å². The number of ketones is 1. The van der Waals surface area contributed by atoms with E-state index in [0.717, 1.165) is 17.7 Å². The van der Waals surface area contributed by atoms with Crippen LogP contribution in [-0.4, -0.2) is 24.8 Å². The maximum atomic E-state index is 11.9. The van der Waals surface area contributed by atoms with Gasteiger partial charge in [-0.2, -0.15) is 0 Å². The van der Waals surface area contributed by atoms with Crippen LogP contribution in [0.4, 0.5) is 5.69 Å². The lowest BCUT2D eigenvalue weighted by atomic mass is 10.0. The van der Waals surface area contributed by atoms with Crippen molar-refractivity contribution in [2.75, 3.05) is 18.0 Å². The third-order valence-corrected chi connectivity index (χ3v) is 3.18. The van der Waals surface area contributed by atoms with Gasteiger partial charge in [0.2, 0.25) is 5.91 Å². The lowest BCUT2D eigenvalue weighted by Gasteiger charge is -2.14. The Morgan fingerprint density at radius 3 is 2.95 bits per heavy atom. The van der Waals surface area contributed by atoms with Gasteiger partial charge in [-0.25, -0.2) is 0 Å². The van der Waals surface area contributed by atoms with E-state index in [2.05, 4.69) is 10.0 Å². The molecule has 0 bridgehead atoms. The summed E-state index contributed by atoms with van der Waals surface area (Å²) in [5.74, 6) is -0.0299. The number of fused-ring (bicyclic) bond motifs is 1. The van der Waals surface area contributed by atoms with Crippen molar-refractivity contribution in [1.29, 1.82) is 0 Å². The smallest absolute Gasteiger partial charge is 0.223 e. The highest BCUT2D eigenvalue weighted by molar-refractivity contribution is 5.99. The molecule has 6 heteroatoms. The van der Waals surface area contributed by atoms with Crippen molar-refractivity contribution in [2.45, 2.75) is 19.8 Å². The van der Waals surface area contributed by atoms with Crippen molar-refractivity contribution in [1.82, 2.24) is 0 Å². The van der Waals surface area contributed by atoms with Gasteiger partial charge in [0.1, 0.15) is 0 Å². The maximum Gasteiger partial charge on any atom is 0.223 e. The SMILES string of the molecule is CC(=O)N1CCc2cc(C(=O)CCN=[N+]=[N-])ccc21. The first-order valence-electron chi connectivity index (χ1n) is 6.08. The summed E-state index contributed by atoms with van der Waals surface area (Å²) in [4.78, 5) is 27.6. The zero-order chi connectivity index (χ0) is 13.8. The zero-order valence-electron chi connectivity index (χ0n) is 10.7. The Morgan fingerprint density at radius 2 is 2.26 bits per heavy atom. The summed E-state index contributed by atoms with van der Waals surface area (Å²) in [5.41, 5.74) is 10.7. The molecule has 0 atom stereocenters. The van der Waals surface area contributed by atoms with Crippen LogP contribution in [0.3, 0.4) is 0 Å². The number of hydrogen-bond acceptors (Lipinski definition) is 3. The molecule has 0 spiro atoms. The monoisotopic (exact) mass is 258 g/mol. The molecule has 1 aromatic rings. The topological polar surface area (TPSA) is 86.1 Å². The predicted molar refractivity (Wildman–Crippen MR) is 71.1 cm³/mol. The van der Waals surface area contributed by atoms with Crippen molar-refractivity contribution in [3.8, 4) is 0 Å². The molecule has 0 aliphatic carbocycles. The first-order chi connectivity index (χ1) is 9.13. The van der Waals surface area contributed by atoms with Crippen molar-refractivity contribution in [3.63, 3.8) is 0 Å². The largest absolute Gasteiger partial charge is 0.312 e. The number of carbonyl (C=O) groups excluding carboxylic acids is 2. The van der Waals surface area contributed by atoms with Gasteiger partial charge >= 0.3 is 0 Å². The average molecular weight is 258 g/mol. The molecule has 1 aromatic carbocycles. The van der Waals surface area contributed by atoms with Gasteiger partial charge in [0.25, 0.3) is 0 Å². The second-order valence-corrected chi connectivity index (χ2v) is 4.39. The fraction of sp³-hybridized carbons (Fsp3) is 0.385. The van der Waals surface area contributed by atoms with Crippen molar-refractivity contribution < 1.29 is 9.59 Å². The summed E-state index contributed by atoms with van der Waals surface area (Å²) >= 11 is 0. The highest BCUT2D eigenvalue weighted by Gasteiger charge is 2.22. The lowest BCUT2D eigenvalue weighted by molar-refractivity contribution is -0.116. The standard InChI is InChI=1S/C13H14N4O2/c1-9(18)17-7-5-10-8-11(2-3-12(10)17)13(19)4-6-15-16-14/h2-3,8H,4-7H2,1H3. The molecule has 0 fully saturated rings. The molecule has 2 rings (SSSR count). The second-order valence-electron chi connectivity index (χ2n) is 4.39. The molecule has 1 aliphatic rings. The lowest BCUT2D eigenvalue weighted by Crippen LogP contribution is -2.25. The zero-order valence-corrected chi connectivity index (χ0v) is 10.7. The first kappa shape index (κ1) is 13.1. The third-order valence-electron chi connectivity index (χ3n) is 3.18. The van der Waals surface area contributed by atoms with Crippen LogP contribution in [0.15, 0.2) is 23.3 Å². The molecule has 0 saturated carbocycles. The highest BCUT2D eigenvalue weighted by atomic mass is 16.2. The third kappa shape index (κ3) is 2.74. The van der Waals surface area contributed by atoms with E-state index in [1.807, 2.05) is 12.1 Å². The molecule has 1 heterocycles. The maximum absolute atomic E-state index is 11.9. The summed E-state index contributed by atoms with van der Waals surface area (Å²) in [6.45, 7) is 2.38. The van der Waals surface area contributed by atoms with E-state index in [1.54, 1.807) is 11.0 Å². The van der Waals surface area contributed by atoms with E-state index in [-0.39, 0.29) is 24.7 Å². The molecule has 0 saturated heterocycles. The van der Waals surface area contributed by atoms with Crippen LogP contribution in [-0.2, 0) is 11.2 Å². The number of rotatable bonds is 4. The van der Waals surface area contributed by atoms with Gasteiger partial charge in [-0.15, -0.1) is 0 Å². The summed E-state index contributed by atoms with van der Waals surface area (Å²) in [6.07, 6.45) is 0.978. The number of benzene rings is 1. The van der Waals surface area contributed by atoms with Crippen LogP contribution in [0.2, 0.25) is 0 Å². The second kappa shape index (κ2) is 5.54. The molecule has 0 radical (unpaired) electrons. The van der Waals surface area contributed by atoms with E-state index in [9.17, 15) is 9.59 Å². The average Bonchev–Trinajstić information content (AvgIpc) is 2.81.